The third-order valence-electron chi connectivity index (χ3n) is 4.30. The number of hydrogen-bond donors (Lipinski definition) is 1. The number of hydrogen-bond acceptors (Lipinski definition) is 3. The van der Waals surface area contributed by atoms with Crippen molar-refractivity contribution in [2.45, 2.75) is 50.6 Å². The molecule has 4 heteroatoms. The van der Waals surface area contributed by atoms with Crippen molar-refractivity contribution in [2.75, 3.05) is 25.6 Å². The van der Waals surface area contributed by atoms with Crippen LogP contribution >= 0.6 is 11.8 Å². The average Bonchev–Trinajstić information content (AvgIpc) is 2.69. The molecule has 0 saturated carbocycles. The molecule has 2 heterocycles. The summed E-state index contributed by atoms with van der Waals surface area (Å²) < 4.78 is 0. The van der Waals surface area contributed by atoms with Gasteiger partial charge in [-0.3, -0.25) is 4.79 Å². The van der Waals surface area contributed by atoms with E-state index in [0.717, 1.165) is 25.1 Å². The predicted octanol–water partition coefficient (Wildman–Crippen LogP) is 2.12. The fourth-order valence-corrected chi connectivity index (χ4v) is 3.73. The van der Waals surface area contributed by atoms with Crippen LogP contribution in [0.25, 0.3) is 0 Å². The molecular formula is C14H26N2OS. The molecule has 0 aromatic rings. The summed E-state index contributed by atoms with van der Waals surface area (Å²) in [6.07, 6.45) is 9.05. The van der Waals surface area contributed by atoms with Crippen LogP contribution in [0.4, 0.5) is 0 Å². The van der Waals surface area contributed by atoms with Crippen LogP contribution in [-0.2, 0) is 4.79 Å². The lowest BCUT2D eigenvalue weighted by Crippen LogP contribution is -2.40. The minimum atomic E-state index is 0.349. The van der Waals surface area contributed by atoms with Crippen LogP contribution in [0.3, 0.4) is 0 Å². The topological polar surface area (TPSA) is 32.3 Å². The third-order valence-corrected chi connectivity index (χ3v) is 5.00. The molecule has 0 aromatic carbocycles. The summed E-state index contributed by atoms with van der Waals surface area (Å²) in [6.45, 7) is 0.914. The molecule has 2 atom stereocenters. The van der Waals surface area contributed by atoms with Gasteiger partial charge in [0.15, 0.2) is 0 Å². The van der Waals surface area contributed by atoms with Crippen LogP contribution in [0.1, 0.15) is 38.5 Å². The smallest absolute Gasteiger partial charge is 0.222 e. The highest BCUT2D eigenvalue weighted by Gasteiger charge is 2.34. The Morgan fingerprint density at radius 1 is 1.33 bits per heavy atom. The molecule has 1 amide bonds. The van der Waals surface area contributed by atoms with E-state index in [4.69, 9.17) is 0 Å². The third kappa shape index (κ3) is 3.89. The van der Waals surface area contributed by atoms with Crippen molar-refractivity contribution in [3.05, 3.63) is 0 Å². The maximum atomic E-state index is 12.1. The van der Waals surface area contributed by atoms with Crippen LogP contribution in [0.5, 0.6) is 0 Å². The van der Waals surface area contributed by atoms with Gasteiger partial charge in [0.1, 0.15) is 0 Å². The summed E-state index contributed by atoms with van der Waals surface area (Å²) in [7, 11) is 1.96. The fraction of sp³-hybridized carbons (Fsp3) is 0.929. The Balaban J connectivity index is 1.70. The van der Waals surface area contributed by atoms with Crippen LogP contribution in [-0.4, -0.2) is 48.5 Å². The zero-order chi connectivity index (χ0) is 13.0. The van der Waals surface area contributed by atoms with Crippen LogP contribution in [0.15, 0.2) is 0 Å². The fourth-order valence-electron chi connectivity index (χ4n) is 3.32. The molecule has 2 fully saturated rings. The monoisotopic (exact) mass is 270 g/mol. The summed E-state index contributed by atoms with van der Waals surface area (Å²) in [5.74, 6) is 2.12. The van der Waals surface area contributed by atoms with Gasteiger partial charge in [-0.25, -0.2) is 0 Å². The number of fused-ring (bicyclic) bond motifs is 2. The molecule has 2 unspecified atom stereocenters. The quantitative estimate of drug-likeness (QED) is 0.750. The molecule has 2 rings (SSSR count). The predicted molar refractivity (Wildman–Crippen MR) is 77.9 cm³/mol. The first kappa shape index (κ1) is 14.2. The number of nitrogens with zero attached hydrogens (tertiary/aromatic N) is 1. The molecule has 2 aliphatic heterocycles. The number of piperidine rings is 1. The molecule has 3 nitrogen and oxygen atoms in total. The average molecular weight is 270 g/mol. The Labute approximate surface area is 115 Å². The zero-order valence-corrected chi connectivity index (χ0v) is 12.5. The summed E-state index contributed by atoms with van der Waals surface area (Å²) in [4.78, 5) is 14.1. The summed E-state index contributed by atoms with van der Waals surface area (Å²) in [6, 6.07) is 1.40. The summed E-state index contributed by atoms with van der Waals surface area (Å²) in [5, 5.41) is 3.64. The van der Waals surface area contributed by atoms with Gasteiger partial charge in [-0.2, -0.15) is 11.8 Å². The second-order valence-electron chi connectivity index (χ2n) is 5.84. The second-order valence-corrected chi connectivity index (χ2v) is 6.83. The van der Waals surface area contributed by atoms with Crippen molar-refractivity contribution in [3.63, 3.8) is 0 Å². The molecule has 2 bridgehead atoms. The van der Waals surface area contributed by atoms with E-state index in [1.807, 2.05) is 23.7 Å². The van der Waals surface area contributed by atoms with Gasteiger partial charge >= 0.3 is 0 Å². The van der Waals surface area contributed by atoms with E-state index in [1.165, 1.54) is 25.7 Å². The van der Waals surface area contributed by atoms with Gasteiger partial charge in [0, 0.05) is 32.1 Å². The van der Waals surface area contributed by atoms with Gasteiger partial charge in [-0.1, -0.05) is 0 Å². The molecule has 104 valence electrons. The van der Waals surface area contributed by atoms with Gasteiger partial charge in [0.05, 0.1) is 0 Å². The largest absolute Gasteiger partial charge is 0.346 e. The van der Waals surface area contributed by atoms with Crippen molar-refractivity contribution in [1.29, 1.82) is 0 Å². The minimum Gasteiger partial charge on any atom is -0.346 e. The standard InChI is InChI=1S/C14H26N2OS/c1-16(6-3-7-18-2)14(17)10-11-8-12-4-5-13(9-11)15-12/h11-13,15H,3-10H2,1-2H3. The Kier molecular flexibility index (Phi) is 5.37. The molecule has 18 heavy (non-hydrogen) atoms. The van der Waals surface area contributed by atoms with E-state index in [-0.39, 0.29) is 0 Å². The highest BCUT2D eigenvalue weighted by Crippen LogP contribution is 2.32. The van der Waals surface area contributed by atoms with Crippen LogP contribution < -0.4 is 5.32 Å². The first-order valence-corrected chi connectivity index (χ1v) is 8.57. The van der Waals surface area contributed by atoms with E-state index >= 15 is 0 Å². The van der Waals surface area contributed by atoms with E-state index < -0.39 is 0 Å². The molecule has 0 aliphatic carbocycles. The van der Waals surface area contributed by atoms with Crippen LogP contribution in [0, 0.1) is 5.92 Å². The van der Waals surface area contributed by atoms with Gasteiger partial charge in [-0.05, 0) is 50.0 Å². The summed E-state index contributed by atoms with van der Waals surface area (Å²) >= 11 is 1.85. The molecular weight excluding hydrogens is 244 g/mol. The van der Waals surface area contributed by atoms with Crippen molar-refractivity contribution < 1.29 is 4.79 Å². The van der Waals surface area contributed by atoms with E-state index in [2.05, 4.69) is 11.6 Å². The minimum absolute atomic E-state index is 0.349. The molecule has 2 saturated heterocycles. The summed E-state index contributed by atoms with van der Waals surface area (Å²) in [5.41, 5.74) is 0. The first-order chi connectivity index (χ1) is 8.69. The SMILES string of the molecule is CSCCCN(C)C(=O)CC1CC2CCC(C1)N2. The number of thioether (sulfide) groups is 1. The highest BCUT2D eigenvalue weighted by atomic mass is 32.2. The maximum absolute atomic E-state index is 12.1. The Hall–Kier alpha value is -0.220. The number of carbonyl (C=O) groups excluding carboxylic acids is 1. The van der Waals surface area contributed by atoms with Crippen molar-refractivity contribution in [1.82, 2.24) is 10.2 Å². The lowest BCUT2D eigenvalue weighted by molar-refractivity contribution is -0.131. The van der Waals surface area contributed by atoms with E-state index in [0.29, 0.717) is 23.9 Å². The zero-order valence-electron chi connectivity index (χ0n) is 11.7. The molecule has 0 radical (unpaired) electrons. The van der Waals surface area contributed by atoms with Gasteiger partial charge < -0.3 is 10.2 Å². The van der Waals surface area contributed by atoms with E-state index in [9.17, 15) is 4.79 Å². The van der Waals surface area contributed by atoms with Gasteiger partial charge in [-0.15, -0.1) is 0 Å². The maximum Gasteiger partial charge on any atom is 0.222 e. The molecule has 2 aliphatic rings. The molecule has 1 N–H and O–H groups in total. The first-order valence-electron chi connectivity index (χ1n) is 7.18. The second kappa shape index (κ2) is 6.80. The normalized spacial score (nSPS) is 30.4. The van der Waals surface area contributed by atoms with Crippen molar-refractivity contribution >= 4 is 17.7 Å². The lowest BCUT2D eigenvalue weighted by atomic mass is 9.89. The Bertz CT molecular complexity index is 273. The van der Waals surface area contributed by atoms with Crippen molar-refractivity contribution in [3.8, 4) is 0 Å². The van der Waals surface area contributed by atoms with Crippen molar-refractivity contribution in [2.24, 2.45) is 5.92 Å². The Morgan fingerprint density at radius 2 is 2.00 bits per heavy atom. The Morgan fingerprint density at radius 3 is 2.61 bits per heavy atom. The van der Waals surface area contributed by atoms with Gasteiger partial charge in [0.25, 0.3) is 0 Å². The number of rotatable bonds is 6. The highest BCUT2D eigenvalue weighted by molar-refractivity contribution is 7.98. The van der Waals surface area contributed by atoms with E-state index in [1.54, 1.807) is 0 Å². The number of nitrogens with one attached hydrogen (secondary N) is 1. The number of carbonyl (C=O) groups is 1. The lowest BCUT2D eigenvalue weighted by Gasteiger charge is -2.30. The molecule has 0 aromatic heterocycles. The van der Waals surface area contributed by atoms with Crippen LogP contribution in [0.2, 0.25) is 0 Å². The number of amides is 1. The molecule has 0 spiro atoms. The van der Waals surface area contributed by atoms with Gasteiger partial charge in [0.2, 0.25) is 5.91 Å².